The normalized spacial score (nSPS) is 17.5. The molecule has 168 valence electrons. The van der Waals surface area contributed by atoms with Crippen LogP contribution in [0.15, 0.2) is 34.5 Å². The number of piperidine rings is 1. The van der Waals surface area contributed by atoms with Gasteiger partial charge in [0.2, 0.25) is 5.96 Å². The lowest BCUT2D eigenvalue weighted by molar-refractivity contribution is 0.154. The number of hydrogen-bond acceptors (Lipinski definition) is 6. The van der Waals surface area contributed by atoms with Gasteiger partial charge in [0.05, 0.1) is 22.9 Å². The van der Waals surface area contributed by atoms with E-state index in [4.69, 9.17) is 16.2 Å². The van der Waals surface area contributed by atoms with Gasteiger partial charge in [-0.15, -0.1) is 16.4 Å². The Kier molecular flexibility index (Phi) is 8.43. The summed E-state index contributed by atoms with van der Waals surface area (Å²) in [6, 6.07) is 8.86. The number of aromatic nitrogens is 1. The summed E-state index contributed by atoms with van der Waals surface area (Å²) in [6.45, 7) is 9.37. The second-order valence-corrected chi connectivity index (χ2v) is 9.10. The fourth-order valence-corrected chi connectivity index (χ4v) is 4.84. The number of nitrogens with zero attached hydrogens (tertiary/aromatic N) is 4. The first kappa shape index (κ1) is 23.2. The number of likely N-dealkylation sites (tertiary alicyclic amines) is 1. The number of rotatable bonds is 9. The molecule has 1 aliphatic rings. The van der Waals surface area contributed by atoms with Gasteiger partial charge in [0.1, 0.15) is 10.8 Å². The molecule has 1 fully saturated rings. The van der Waals surface area contributed by atoms with E-state index in [1.54, 1.807) is 11.3 Å². The highest BCUT2D eigenvalue weighted by molar-refractivity contribution is 7.17. The molecule has 2 heterocycles. The summed E-state index contributed by atoms with van der Waals surface area (Å²) in [5.74, 6) is 0.840. The van der Waals surface area contributed by atoms with Gasteiger partial charge in [-0.1, -0.05) is 6.42 Å². The second kappa shape index (κ2) is 11.2. The van der Waals surface area contributed by atoms with Crippen LogP contribution in [0.3, 0.4) is 0 Å². The third kappa shape index (κ3) is 6.77. The van der Waals surface area contributed by atoms with Gasteiger partial charge in [-0.25, -0.2) is 4.98 Å². The second-order valence-electron chi connectivity index (χ2n) is 8.10. The number of benzene rings is 1. The molecule has 1 aromatic heterocycles. The van der Waals surface area contributed by atoms with E-state index in [2.05, 4.69) is 39.1 Å². The fraction of sp³-hybridized carbons (Fsp3) is 0.522. The van der Waals surface area contributed by atoms with Crippen LogP contribution in [0.4, 0.5) is 0 Å². The largest absolute Gasteiger partial charge is 0.494 e. The molecule has 3 rings (SSSR count). The number of nitrogens with two attached hydrogens (primary N) is 2. The first-order valence-corrected chi connectivity index (χ1v) is 11.8. The van der Waals surface area contributed by atoms with Gasteiger partial charge in [-0.3, -0.25) is 0 Å². The SMILES string of the molecule is C/C(=N\N=C(N)N)c1sc(-c2ccc(OCCCCN3CCCCC3C)cc2)nc1C. The highest BCUT2D eigenvalue weighted by Gasteiger charge is 2.17. The molecule has 1 aromatic carbocycles. The van der Waals surface area contributed by atoms with Crippen LogP contribution in [0.1, 0.15) is 56.5 Å². The summed E-state index contributed by atoms with van der Waals surface area (Å²) in [5, 5.41) is 8.73. The third-order valence-corrected chi connectivity index (χ3v) is 6.91. The van der Waals surface area contributed by atoms with Gasteiger partial charge >= 0.3 is 0 Å². The van der Waals surface area contributed by atoms with Crippen LogP contribution >= 0.6 is 11.3 Å². The van der Waals surface area contributed by atoms with E-state index < -0.39 is 0 Å². The van der Waals surface area contributed by atoms with Crippen molar-refractivity contribution in [2.24, 2.45) is 21.7 Å². The molecule has 1 aliphatic heterocycles. The molecule has 0 aliphatic carbocycles. The number of unbranched alkanes of at least 4 members (excludes halogenated alkanes) is 1. The minimum Gasteiger partial charge on any atom is -0.494 e. The number of guanidine groups is 1. The van der Waals surface area contributed by atoms with Crippen molar-refractivity contribution >= 4 is 23.0 Å². The maximum Gasteiger partial charge on any atom is 0.211 e. The predicted molar refractivity (Wildman–Crippen MR) is 130 cm³/mol. The van der Waals surface area contributed by atoms with E-state index >= 15 is 0 Å². The van der Waals surface area contributed by atoms with Crippen LogP contribution in [-0.2, 0) is 0 Å². The zero-order valence-electron chi connectivity index (χ0n) is 18.8. The maximum absolute atomic E-state index is 5.94. The average Bonchev–Trinajstić information content (AvgIpc) is 3.15. The Bertz CT molecular complexity index is 901. The van der Waals surface area contributed by atoms with Crippen molar-refractivity contribution in [1.29, 1.82) is 0 Å². The average molecular weight is 443 g/mol. The Morgan fingerprint density at radius 2 is 1.97 bits per heavy atom. The van der Waals surface area contributed by atoms with E-state index in [1.165, 1.54) is 38.8 Å². The standard InChI is InChI=1S/C23H34N6OS/c1-16-8-4-5-13-29(16)14-6-7-15-30-20-11-9-19(10-12-20)22-26-17(2)21(31-22)18(3)27-28-23(24)25/h9-12,16H,4-8,13-15H2,1-3H3,(H4,24,25,28)/b27-18+. The molecule has 1 saturated heterocycles. The fourth-order valence-electron chi connectivity index (χ4n) is 3.82. The van der Waals surface area contributed by atoms with E-state index in [-0.39, 0.29) is 5.96 Å². The smallest absolute Gasteiger partial charge is 0.211 e. The number of thiazole rings is 1. The highest BCUT2D eigenvalue weighted by Crippen LogP contribution is 2.29. The van der Waals surface area contributed by atoms with E-state index in [0.29, 0.717) is 0 Å². The topological polar surface area (TPSA) is 102 Å². The monoisotopic (exact) mass is 442 g/mol. The van der Waals surface area contributed by atoms with Crippen LogP contribution < -0.4 is 16.2 Å². The molecule has 2 aromatic rings. The Hall–Kier alpha value is -2.45. The minimum absolute atomic E-state index is 0.0571. The molecule has 8 heteroatoms. The summed E-state index contributed by atoms with van der Waals surface area (Å²) in [6.07, 6.45) is 6.32. The van der Waals surface area contributed by atoms with Crippen LogP contribution in [-0.4, -0.2) is 47.3 Å². The molecule has 0 spiro atoms. The Morgan fingerprint density at radius 1 is 1.19 bits per heavy atom. The Balaban J connectivity index is 1.49. The number of aryl methyl sites for hydroxylation is 1. The van der Waals surface area contributed by atoms with Crippen molar-refractivity contribution in [3.8, 4) is 16.3 Å². The number of ether oxygens (including phenoxy) is 1. The van der Waals surface area contributed by atoms with Crippen molar-refractivity contribution in [3.63, 3.8) is 0 Å². The van der Waals surface area contributed by atoms with Gasteiger partial charge < -0.3 is 21.1 Å². The van der Waals surface area contributed by atoms with Crippen molar-refractivity contribution < 1.29 is 4.74 Å². The van der Waals surface area contributed by atoms with Crippen LogP contribution in [0.2, 0.25) is 0 Å². The van der Waals surface area contributed by atoms with Gasteiger partial charge in [-0.2, -0.15) is 5.10 Å². The molecule has 7 nitrogen and oxygen atoms in total. The van der Waals surface area contributed by atoms with Crippen molar-refractivity contribution in [1.82, 2.24) is 9.88 Å². The first-order chi connectivity index (χ1) is 14.9. The van der Waals surface area contributed by atoms with Crippen LogP contribution in [0.25, 0.3) is 10.6 Å². The summed E-state index contributed by atoms with van der Waals surface area (Å²) < 4.78 is 5.94. The Labute approximate surface area is 189 Å². The molecule has 0 saturated carbocycles. The molecule has 1 unspecified atom stereocenters. The number of hydrogen-bond donors (Lipinski definition) is 2. The van der Waals surface area contributed by atoms with Crippen LogP contribution in [0.5, 0.6) is 5.75 Å². The summed E-state index contributed by atoms with van der Waals surface area (Å²) in [5.41, 5.74) is 13.4. The van der Waals surface area contributed by atoms with Crippen molar-refractivity contribution in [2.75, 3.05) is 19.7 Å². The lowest BCUT2D eigenvalue weighted by Gasteiger charge is -2.33. The first-order valence-electron chi connectivity index (χ1n) is 11.0. The summed E-state index contributed by atoms with van der Waals surface area (Å²) in [4.78, 5) is 8.27. The molecule has 0 bridgehead atoms. The summed E-state index contributed by atoms with van der Waals surface area (Å²) >= 11 is 1.58. The quantitative estimate of drug-likeness (QED) is 0.263. The van der Waals surface area contributed by atoms with Crippen molar-refractivity contribution in [3.05, 3.63) is 34.8 Å². The highest BCUT2D eigenvalue weighted by atomic mass is 32.1. The molecular weight excluding hydrogens is 408 g/mol. The lowest BCUT2D eigenvalue weighted by Crippen LogP contribution is -2.38. The summed E-state index contributed by atoms with van der Waals surface area (Å²) in [7, 11) is 0. The third-order valence-electron chi connectivity index (χ3n) is 5.59. The molecule has 1 atom stereocenters. The van der Waals surface area contributed by atoms with Gasteiger partial charge in [-0.05, 0) is 83.8 Å². The van der Waals surface area contributed by atoms with E-state index in [0.717, 1.165) is 51.7 Å². The van der Waals surface area contributed by atoms with E-state index in [9.17, 15) is 0 Å². The minimum atomic E-state index is -0.0571. The Morgan fingerprint density at radius 3 is 2.68 bits per heavy atom. The lowest BCUT2D eigenvalue weighted by atomic mass is 10.0. The molecule has 31 heavy (non-hydrogen) atoms. The van der Waals surface area contributed by atoms with Crippen molar-refractivity contribution in [2.45, 2.75) is 58.9 Å². The van der Waals surface area contributed by atoms with Crippen LogP contribution in [0, 0.1) is 6.92 Å². The van der Waals surface area contributed by atoms with E-state index in [1.807, 2.05) is 26.0 Å². The molecule has 4 N–H and O–H groups in total. The van der Waals surface area contributed by atoms with Gasteiger partial charge in [0.15, 0.2) is 0 Å². The zero-order valence-corrected chi connectivity index (χ0v) is 19.6. The van der Waals surface area contributed by atoms with Gasteiger partial charge in [0, 0.05) is 11.6 Å². The molecule has 0 radical (unpaired) electrons. The zero-order chi connectivity index (χ0) is 22.2. The predicted octanol–water partition coefficient (Wildman–Crippen LogP) is 4.15. The maximum atomic E-state index is 5.94. The molecule has 0 amide bonds. The molecular formula is C23H34N6OS. The van der Waals surface area contributed by atoms with Gasteiger partial charge in [0.25, 0.3) is 0 Å².